The molecule has 0 radical (unpaired) electrons. The minimum absolute atomic E-state index is 0.0997. The summed E-state index contributed by atoms with van der Waals surface area (Å²) in [4.78, 5) is 19.2. The van der Waals surface area contributed by atoms with E-state index in [4.69, 9.17) is 9.47 Å². The van der Waals surface area contributed by atoms with E-state index < -0.39 is 6.17 Å². The van der Waals surface area contributed by atoms with Crippen LogP contribution >= 0.6 is 0 Å². The molecular formula is C21H19N3O3. The number of ether oxygens (including phenoxy) is 2. The third-order valence-electron chi connectivity index (χ3n) is 4.53. The first-order valence-electron chi connectivity index (χ1n) is 8.54. The third kappa shape index (κ3) is 3.06. The summed E-state index contributed by atoms with van der Waals surface area (Å²) in [5.41, 5.74) is 2.89. The summed E-state index contributed by atoms with van der Waals surface area (Å²) in [5, 5.41) is 3.41. The molecule has 1 N–H and O–H groups in total. The number of pyridine rings is 1. The summed E-state index contributed by atoms with van der Waals surface area (Å²) in [7, 11) is 3.23. The lowest BCUT2D eigenvalue weighted by atomic mass is 10.2. The number of nitrogens with one attached hydrogen (secondary N) is 1. The van der Waals surface area contributed by atoms with E-state index >= 15 is 0 Å². The molecule has 0 aliphatic carbocycles. The highest BCUT2D eigenvalue weighted by Gasteiger charge is 2.39. The number of aromatic nitrogens is 1. The first-order valence-corrected chi connectivity index (χ1v) is 8.54. The molecule has 27 heavy (non-hydrogen) atoms. The van der Waals surface area contributed by atoms with Crippen molar-refractivity contribution < 1.29 is 14.3 Å². The van der Waals surface area contributed by atoms with Gasteiger partial charge in [-0.3, -0.25) is 14.7 Å². The Bertz CT molecular complexity index is 972. The van der Waals surface area contributed by atoms with Crippen molar-refractivity contribution in [2.45, 2.75) is 6.17 Å². The molecule has 6 nitrogen and oxygen atoms in total. The van der Waals surface area contributed by atoms with E-state index in [2.05, 4.69) is 10.3 Å². The van der Waals surface area contributed by atoms with E-state index in [0.29, 0.717) is 17.0 Å². The van der Waals surface area contributed by atoms with Gasteiger partial charge in [0.25, 0.3) is 5.91 Å². The lowest BCUT2D eigenvalue weighted by molar-refractivity contribution is 0.0993. The minimum atomic E-state index is -0.422. The van der Waals surface area contributed by atoms with Gasteiger partial charge >= 0.3 is 0 Å². The van der Waals surface area contributed by atoms with Gasteiger partial charge in [-0.15, -0.1) is 0 Å². The molecule has 6 heteroatoms. The lowest BCUT2D eigenvalue weighted by Crippen LogP contribution is -2.32. The van der Waals surface area contributed by atoms with Gasteiger partial charge in [0.15, 0.2) is 6.17 Å². The number of hydrogen-bond acceptors (Lipinski definition) is 5. The molecule has 1 unspecified atom stereocenters. The summed E-state index contributed by atoms with van der Waals surface area (Å²) in [6.45, 7) is 0. The molecule has 0 saturated heterocycles. The largest absolute Gasteiger partial charge is 0.497 e. The number of methoxy groups -OCH3 is 2. The first-order chi connectivity index (χ1) is 13.2. The highest BCUT2D eigenvalue weighted by Crippen LogP contribution is 2.38. The zero-order valence-corrected chi connectivity index (χ0v) is 15.0. The molecule has 0 bridgehead atoms. The number of rotatable bonds is 5. The number of fused-ring (bicyclic) bond motifs is 1. The van der Waals surface area contributed by atoms with Crippen molar-refractivity contribution in [1.29, 1.82) is 0 Å². The van der Waals surface area contributed by atoms with Crippen molar-refractivity contribution in [3.8, 4) is 11.5 Å². The van der Waals surface area contributed by atoms with Crippen LogP contribution in [0.3, 0.4) is 0 Å². The van der Waals surface area contributed by atoms with Crippen LogP contribution in [0.15, 0.2) is 66.9 Å². The fourth-order valence-corrected chi connectivity index (χ4v) is 3.19. The average molecular weight is 361 g/mol. The molecular weight excluding hydrogens is 342 g/mol. The molecule has 0 saturated carbocycles. The molecule has 2 aromatic carbocycles. The smallest absolute Gasteiger partial charge is 0.262 e. The zero-order valence-electron chi connectivity index (χ0n) is 15.0. The summed E-state index contributed by atoms with van der Waals surface area (Å²) >= 11 is 0. The van der Waals surface area contributed by atoms with E-state index in [0.717, 1.165) is 17.1 Å². The van der Waals surface area contributed by atoms with Crippen molar-refractivity contribution in [2.75, 3.05) is 24.4 Å². The number of anilines is 2. The van der Waals surface area contributed by atoms with Crippen LogP contribution in [0, 0.1) is 0 Å². The van der Waals surface area contributed by atoms with Crippen LogP contribution in [0.25, 0.3) is 0 Å². The number of carbonyl (C=O) groups is 1. The molecule has 1 atom stereocenters. The van der Waals surface area contributed by atoms with Crippen LogP contribution in [-0.4, -0.2) is 25.1 Å². The van der Waals surface area contributed by atoms with E-state index in [9.17, 15) is 4.79 Å². The third-order valence-corrected chi connectivity index (χ3v) is 4.53. The van der Waals surface area contributed by atoms with E-state index in [-0.39, 0.29) is 5.91 Å². The molecule has 0 spiro atoms. The van der Waals surface area contributed by atoms with Crippen molar-refractivity contribution in [1.82, 2.24) is 4.98 Å². The Hall–Kier alpha value is -3.54. The fourth-order valence-electron chi connectivity index (χ4n) is 3.19. The van der Waals surface area contributed by atoms with Crippen molar-refractivity contribution in [3.63, 3.8) is 0 Å². The second kappa shape index (κ2) is 6.99. The van der Waals surface area contributed by atoms with Crippen LogP contribution in [-0.2, 0) is 0 Å². The standard InChI is InChI=1S/C21H19N3O3/c1-26-16-10-8-14(9-11-16)23-20-19-18(7-4-12-22-19)21(25)24(20)15-5-3-6-17(13-15)27-2/h3-13,20,23H,1-2H3. The fraction of sp³-hybridized carbons (Fsp3) is 0.143. The van der Waals surface area contributed by atoms with E-state index in [1.807, 2.05) is 48.5 Å². The molecule has 3 aromatic rings. The molecule has 136 valence electrons. The molecule has 2 heterocycles. The number of amides is 1. The topological polar surface area (TPSA) is 63.7 Å². The summed E-state index contributed by atoms with van der Waals surface area (Å²) in [6.07, 6.45) is 1.28. The Morgan fingerprint density at radius 3 is 2.48 bits per heavy atom. The second-order valence-corrected chi connectivity index (χ2v) is 6.09. The van der Waals surface area contributed by atoms with Crippen LogP contribution in [0.4, 0.5) is 11.4 Å². The SMILES string of the molecule is COc1ccc(NC2c3ncccc3C(=O)N2c2cccc(OC)c2)cc1. The van der Waals surface area contributed by atoms with Crippen LogP contribution in [0.2, 0.25) is 0 Å². The Morgan fingerprint density at radius 1 is 0.963 bits per heavy atom. The second-order valence-electron chi connectivity index (χ2n) is 6.09. The maximum absolute atomic E-state index is 13.1. The summed E-state index contributed by atoms with van der Waals surface area (Å²) in [6, 6.07) is 18.6. The monoisotopic (exact) mass is 361 g/mol. The normalized spacial score (nSPS) is 15.4. The van der Waals surface area contributed by atoms with Gasteiger partial charge in [0.1, 0.15) is 11.5 Å². The predicted octanol–water partition coefficient (Wildman–Crippen LogP) is 3.87. The molecule has 4 rings (SSSR count). The average Bonchev–Trinajstić information content (AvgIpc) is 3.00. The molecule has 0 fully saturated rings. The number of hydrogen-bond donors (Lipinski definition) is 1. The van der Waals surface area contributed by atoms with Crippen molar-refractivity contribution in [3.05, 3.63) is 78.1 Å². The predicted molar refractivity (Wildman–Crippen MR) is 103 cm³/mol. The van der Waals surface area contributed by atoms with Gasteiger partial charge in [0, 0.05) is 18.0 Å². The van der Waals surface area contributed by atoms with Crippen LogP contribution < -0.4 is 19.7 Å². The van der Waals surface area contributed by atoms with Crippen LogP contribution in [0.1, 0.15) is 22.2 Å². The van der Waals surface area contributed by atoms with E-state index in [1.54, 1.807) is 37.4 Å². The van der Waals surface area contributed by atoms with Gasteiger partial charge in [0.05, 0.1) is 31.2 Å². The molecule has 1 aliphatic heterocycles. The van der Waals surface area contributed by atoms with Gasteiger partial charge in [-0.25, -0.2) is 0 Å². The maximum atomic E-state index is 13.1. The quantitative estimate of drug-likeness (QED) is 0.747. The Morgan fingerprint density at radius 2 is 1.74 bits per heavy atom. The number of nitrogens with zero attached hydrogens (tertiary/aromatic N) is 2. The Labute approximate surface area is 157 Å². The number of carbonyl (C=O) groups excluding carboxylic acids is 1. The zero-order chi connectivity index (χ0) is 18.8. The maximum Gasteiger partial charge on any atom is 0.262 e. The van der Waals surface area contributed by atoms with Crippen LogP contribution in [0.5, 0.6) is 11.5 Å². The highest BCUT2D eigenvalue weighted by atomic mass is 16.5. The molecule has 1 aliphatic rings. The minimum Gasteiger partial charge on any atom is -0.497 e. The Balaban J connectivity index is 1.75. The highest BCUT2D eigenvalue weighted by molar-refractivity contribution is 6.11. The first kappa shape index (κ1) is 16.9. The van der Waals surface area contributed by atoms with Gasteiger partial charge in [0.2, 0.25) is 0 Å². The summed E-state index contributed by atoms with van der Waals surface area (Å²) in [5.74, 6) is 1.36. The van der Waals surface area contributed by atoms with Gasteiger partial charge in [-0.05, 0) is 48.5 Å². The summed E-state index contributed by atoms with van der Waals surface area (Å²) < 4.78 is 10.5. The molecule has 1 aromatic heterocycles. The van der Waals surface area contributed by atoms with E-state index in [1.165, 1.54) is 0 Å². The van der Waals surface area contributed by atoms with Gasteiger partial charge in [-0.2, -0.15) is 0 Å². The van der Waals surface area contributed by atoms with Crippen molar-refractivity contribution >= 4 is 17.3 Å². The Kier molecular flexibility index (Phi) is 4.38. The van der Waals surface area contributed by atoms with Crippen molar-refractivity contribution in [2.24, 2.45) is 0 Å². The number of benzene rings is 2. The lowest BCUT2D eigenvalue weighted by Gasteiger charge is -2.27. The molecule has 1 amide bonds. The van der Waals surface area contributed by atoms with Gasteiger partial charge in [-0.1, -0.05) is 6.07 Å². The van der Waals surface area contributed by atoms with Gasteiger partial charge < -0.3 is 14.8 Å².